The molecule has 0 saturated heterocycles. The lowest BCUT2D eigenvalue weighted by molar-refractivity contribution is 0.134. The van der Waals surface area contributed by atoms with E-state index in [-0.39, 0.29) is 6.23 Å². The highest BCUT2D eigenvalue weighted by Crippen LogP contribution is 2.07. The third-order valence-corrected chi connectivity index (χ3v) is 1.73. The van der Waals surface area contributed by atoms with Gasteiger partial charge in [0.05, 0.1) is 0 Å². The molecule has 0 bridgehead atoms. The second kappa shape index (κ2) is 5.56. The molecule has 0 fully saturated rings. The molecule has 2 atom stereocenters. The maximum Gasteiger partial charge on any atom is 0.102 e. The lowest BCUT2D eigenvalue weighted by Crippen LogP contribution is -2.36. The Kier molecular flexibility index (Phi) is 5.51. The van der Waals surface area contributed by atoms with Crippen molar-refractivity contribution in [1.82, 2.24) is 5.32 Å². The van der Waals surface area contributed by atoms with Crippen molar-refractivity contribution in [3.8, 4) is 0 Å². The van der Waals surface area contributed by atoms with Gasteiger partial charge in [-0.25, -0.2) is 0 Å². The molecule has 2 nitrogen and oxygen atoms in total. The maximum atomic E-state index is 9.06. The number of hydrogen-bond donors (Lipinski definition) is 2. The Morgan fingerprint density at radius 1 is 1.27 bits per heavy atom. The molecular formula is C9H21NO. The van der Waals surface area contributed by atoms with Crippen molar-refractivity contribution in [2.45, 2.75) is 52.8 Å². The molecule has 11 heavy (non-hydrogen) atoms. The summed E-state index contributed by atoms with van der Waals surface area (Å²) in [5.74, 6) is 0.700. The van der Waals surface area contributed by atoms with Gasteiger partial charge in [-0.15, -0.1) is 0 Å². The lowest BCUT2D eigenvalue weighted by atomic mass is 10.0. The van der Waals surface area contributed by atoms with Crippen LogP contribution in [-0.2, 0) is 0 Å². The molecule has 0 saturated carbocycles. The third kappa shape index (κ3) is 6.32. The molecule has 2 heteroatoms. The van der Waals surface area contributed by atoms with Gasteiger partial charge >= 0.3 is 0 Å². The molecule has 0 aliphatic carbocycles. The molecule has 2 unspecified atom stereocenters. The summed E-state index contributed by atoms with van der Waals surface area (Å²) in [6, 6.07) is 0.468. The fraction of sp³-hybridized carbons (Fsp3) is 1.00. The number of rotatable bonds is 5. The van der Waals surface area contributed by atoms with Crippen molar-refractivity contribution in [2.24, 2.45) is 5.92 Å². The van der Waals surface area contributed by atoms with Gasteiger partial charge in [0.2, 0.25) is 0 Å². The molecule has 0 spiro atoms. The minimum absolute atomic E-state index is 0.376. The van der Waals surface area contributed by atoms with Crippen molar-refractivity contribution < 1.29 is 5.11 Å². The van der Waals surface area contributed by atoms with Crippen LogP contribution < -0.4 is 5.32 Å². The Morgan fingerprint density at radius 3 is 2.09 bits per heavy atom. The Hall–Kier alpha value is -0.0800. The monoisotopic (exact) mass is 159 g/mol. The highest BCUT2D eigenvalue weighted by molar-refractivity contribution is 4.66. The molecule has 0 aliphatic rings. The van der Waals surface area contributed by atoms with Crippen LogP contribution in [-0.4, -0.2) is 17.4 Å². The van der Waals surface area contributed by atoms with E-state index in [4.69, 9.17) is 5.11 Å². The van der Waals surface area contributed by atoms with Gasteiger partial charge in [0, 0.05) is 6.04 Å². The average molecular weight is 159 g/mol. The summed E-state index contributed by atoms with van der Waals surface area (Å²) in [5, 5.41) is 12.2. The quantitative estimate of drug-likeness (QED) is 0.599. The molecule has 0 rings (SSSR count). The first-order valence-electron chi connectivity index (χ1n) is 4.50. The van der Waals surface area contributed by atoms with E-state index in [1.807, 2.05) is 0 Å². The summed E-state index contributed by atoms with van der Waals surface area (Å²) >= 11 is 0. The van der Waals surface area contributed by atoms with E-state index in [2.05, 4.69) is 26.1 Å². The van der Waals surface area contributed by atoms with Crippen LogP contribution >= 0.6 is 0 Å². The summed E-state index contributed by atoms with van der Waals surface area (Å²) in [4.78, 5) is 0. The molecule has 0 radical (unpaired) electrons. The average Bonchev–Trinajstić information content (AvgIpc) is 1.84. The van der Waals surface area contributed by atoms with Crippen LogP contribution in [0, 0.1) is 5.92 Å². The smallest absolute Gasteiger partial charge is 0.102 e. The Labute approximate surface area is 70.0 Å². The van der Waals surface area contributed by atoms with E-state index < -0.39 is 0 Å². The second-order valence-corrected chi connectivity index (χ2v) is 3.58. The van der Waals surface area contributed by atoms with E-state index in [9.17, 15) is 0 Å². The van der Waals surface area contributed by atoms with E-state index >= 15 is 0 Å². The standard InChI is InChI=1S/C9H21NO/c1-5-9(6-7(2)3)10-8(4)11/h7-11H,5-6H2,1-4H3. The van der Waals surface area contributed by atoms with E-state index in [1.165, 1.54) is 0 Å². The van der Waals surface area contributed by atoms with Gasteiger partial charge in [0.15, 0.2) is 0 Å². The third-order valence-electron chi connectivity index (χ3n) is 1.73. The van der Waals surface area contributed by atoms with Crippen LogP contribution in [0.4, 0.5) is 0 Å². The Morgan fingerprint density at radius 2 is 1.82 bits per heavy atom. The lowest BCUT2D eigenvalue weighted by Gasteiger charge is -2.20. The van der Waals surface area contributed by atoms with Crippen molar-refractivity contribution in [2.75, 3.05) is 0 Å². The Bertz CT molecular complexity index is 81.6. The van der Waals surface area contributed by atoms with Gasteiger partial charge in [-0.05, 0) is 25.7 Å². The summed E-state index contributed by atoms with van der Waals surface area (Å²) in [7, 11) is 0. The molecule has 2 N–H and O–H groups in total. The predicted octanol–water partition coefficient (Wildman–Crippen LogP) is 1.74. The van der Waals surface area contributed by atoms with Gasteiger partial charge in [0.1, 0.15) is 6.23 Å². The van der Waals surface area contributed by atoms with Crippen LogP contribution in [0.1, 0.15) is 40.5 Å². The summed E-state index contributed by atoms with van der Waals surface area (Å²) in [6.07, 6.45) is 1.85. The largest absolute Gasteiger partial charge is 0.379 e. The highest BCUT2D eigenvalue weighted by Gasteiger charge is 2.09. The second-order valence-electron chi connectivity index (χ2n) is 3.58. The minimum Gasteiger partial charge on any atom is -0.379 e. The minimum atomic E-state index is -0.376. The van der Waals surface area contributed by atoms with E-state index in [1.54, 1.807) is 6.92 Å². The number of aliphatic hydroxyl groups excluding tert-OH is 1. The molecule has 0 aliphatic heterocycles. The van der Waals surface area contributed by atoms with E-state index in [0.717, 1.165) is 12.8 Å². The van der Waals surface area contributed by atoms with Gasteiger partial charge < -0.3 is 5.11 Å². The summed E-state index contributed by atoms with van der Waals surface area (Å²) in [6.45, 7) is 8.31. The Balaban J connectivity index is 3.58. The zero-order valence-corrected chi connectivity index (χ0v) is 8.09. The molecule has 0 aromatic rings. The SMILES string of the molecule is CCC(CC(C)C)NC(C)O. The number of nitrogens with one attached hydrogen (secondary N) is 1. The van der Waals surface area contributed by atoms with Crippen LogP contribution in [0.2, 0.25) is 0 Å². The first kappa shape index (κ1) is 10.9. The normalized spacial score (nSPS) is 16.9. The zero-order valence-electron chi connectivity index (χ0n) is 8.09. The first-order valence-corrected chi connectivity index (χ1v) is 4.50. The summed E-state index contributed by atoms with van der Waals surface area (Å²) in [5.41, 5.74) is 0. The molecular weight excluding hydrogens is 138 g/mol. The topological polar surface area (TPSA) is 32.3 Å². The van der Waals surface area contributed by atoms with Gasteiger partial charge in [0.25, 0.3) is 0 Å². The van der Waals surface area contributed by atoms with E-state index in [0.29, 0.717) is 12.0 Å². The summed E-state index contributed by atoms with van der Waals surface area (Å²) < 4.78 is 0. The van der Waals surface area contributed by atoms with Crippen molar-refractivity contribution >= 4 is 0 Å². The van der Waals surface area contributed by atoms with Crippen LogP contribution in [0.3, 0.4) is 0 Å². The van der Waals surface area contributed by atoms with Crippen molar-refractivity contribution in [1.29, 1.82) is 0 Å². The molecule has 0 heterocycles. The van der Waals surface area contributed by atoms with Crippen LogP contribution in [0.15, 0.2) is 0 Å². The predicted molar refractivity (Wildman–Crippen MR) is 48.4 cm³/mol. The maximum absolute atomic E-state index is 9.06. The van der Waals surface area contributed by atoms with Crippen LogP contribution in [0.5, 0.6) is 0 Å². The van der Waals surface area contributed by atoms with Gasteiger partial charge in [-0.3, -0.25) is 5.32 Å². The zero-order chi connectivity index (χ0) is 8.85. The molecule has 0 aromatic carbocycles. The van der Waals surface area contributed by atoms with Crippen molar-refractivity contribution in [3.63, 3.8) is 0 Å². The van der Waals surface area contributed by atoms with Crippen molar-refractivity contribution in [3.05, 3.63) is 0 Å². The fourth-order valence-electron chi connectivity index (χ4n) is 1.26. The molecule has 0 amide bonds. The molecule has 0 aromatic heterocycles. The first-order chi connectivity index (χ1) is 5.06. The van der Waals surface area contributed by atoms with Crippen LogP contribution in [0.25, 0.3) is 0 Å². The number of aliphatic hydroxyl groups is 1. The number of hydrogen-bond acceptors (Lipinski definition) is 2. The fourth-order valence-corrected chi connectivity index (χ4v) is 1.26. The van der Waals surface area contributed by atoms with Gasteiger partial charge in [-0.1, -0.05) is 20.8 Å². The molecule has 68 valence electrons. The highest BCUT2D eigenvalue weighted by atomic mass is 16.3. The van der Waals surface area contributed by atoms with Gasteiger partial charge in [-0.2, -0.15) is 0 Å².